The molecule has 7 heteroatoms. The Labute approximate surface area is 157 Å². The van der Waals surface area contributed by atoms with Gasteiger partial charge in [-0.25, -0.2) is 4.79 Å². The van der Waals surface area contributed by atoms with Crippen LogP contribution in [0.4, 0.5) is 11.4 Å². The summed E-state index contributed by atoms with van der Waals surface area (Å²) in [6.45, 7) is 2.62. The molecule has 142 valence electrons. The minimum absolute atomic E-state index is 0.235. The molecule has 1 aromatic carbocycles. The van der Waals surface area contributed by atoms with E-state index in [-0.39, 0.29) is 5.91 Å². The average Bonchev–Trinajstić information content (AvgIpc) is 3.24. The quantitative estimate of drug-likeness (QED) is 0.595. The van der Waals surface area contributed by atoms with Crippen LogP contribution in [0, 0.1) is 0 Å². The third-order valence-electron chi connectivity index (χ3n) is 4.39. The number of likely N-dealkylation sites (N-methyl/N-ethyl adjacent to an activating group) is 1. The van der Waals surface area contributed by atoms with Crippen LogP contribution in [0.3, 0.4) is 0 Å². The van der Waals surface area contributed by atoms with Crippen molar-refractivity contribution in [3.8, 4) is 0 Å². The lowest BCUT2D eigenvalue weighted by atomic mass is 10.1. The Balaban J connectivity index is 1.84. The van der Waals surface area contributed by atoms with Gasteiger partial charge in [0.2, 0.25) is 0 Å². The van der Waals surface area contributed by atoms with Gasteiger partial charge in [-0.15, -0.1) is 0 Å². The van der Waals surface area contributed by atoms with Crippen LogP contribution < -0.4 is 9.80 Å². The van der Waals surface area contributed by atoms with E-state index in [0.29, 0.717) is 43.3 Å². The summed E-state index contributed by atoms with van der Waals surface area (Å²) in [5.74, 6) is -0.0821. The molecule has 2 heterocycles. The molecule has 0 radical (unpaired) electrons. The van der Waals surface area contributed by atoms with Crippen molar-refractivity contribution in [3.63, 3.8) is 0 Å². The van der Waals surface area contributed by atoms with Crippen LogP contribution in [-0.2, 0) is 14.3 Å². The third kappa shape index (κ3) is 4.38. The van der Waals surface area contributed by atoms with Gasteiger partial charge in [0.05, 0.1) is 37.8 Å². The molecule has 1 saturated heterocycles. The molecule has 1 aliphatic heterocycles. The summed E-state index contributed by atoms with van der Waals surface area (Å²) in [5.41, 5.74) is 1.80. The average molecular weight is 370 g/mol. The van der Waals surface area contributed by atoms with Gasteiger partial charge in [0.25, 0.3) is 5.91 Å². The van der Waals surface area contributed by atoms with E-state index in [1.165, 1.54) is 18.1 Å². The highest BCUT2D eigenvalue weighted by atomic mass is 16.5. The van der Waals surface area contributed by atoms with E-state index in [0.717, 1.165) is 5.69 Å². The van der Waals surface area contributed by atoms with Crippen LogP contribution >= 0.6 is 0 Å². The highest BCUT2D eigenvalue weighted by Crippen LogP contribution is 2.27. The van der Waals surface area contributed by atoms with Crippen LogP contribution in [0.5, 0.6) is 0 Å². The van der Waals surface area contributed by atoms with Crippen LogP contribution in [-0.4, -0.2) is 52.3 Å². The van der Waals surface area contributed by atoms with Crippen molar-refractivity contribution in [3.05, 3.63) is 54.0 Å². The van der Waals surface area contributed by atoms with Crippen LogP contribution in [0.15, 0.2) is 47.1 Å². The maximum atomic E-state index is 12.4. The second-order valence-corrected chi connectivity index (χ2v) is 6.04. The summed E-state index contributed by atoms with van der Waals surface area (Å²) in [5, 5.41) is 0. The number of carbonyl (C=O) groups excluding carboxylic acids is 2. The summed E-state index contributed by atoms with van der Waals surface area (Å²) in [7, 11) is 3.00. The Morgan fingerprint density at radius 1 is 1.22 bits per heavy atom. The van der Waals surface area contributed by atoms with E-state index in [9.17, 15) is 9.59 Å². The van der Waals surface area contributed by atoms with Crippen LogP contribution in [0.25, 0.3) is 6.08 Å². The maximum absolute atomic E-state index is 12.4. The summed E-state index contributed by atoms with van der Waals surface area (Å²) in [6.07, 6.45) is 4.57. The number of anilines is 2. The monoisotopic (exact) mass is 370 g/mol. The van der Waals surface area contributed by atoms with E-state index in [2.05, 4.69) is 4.90 Å². The standard InChI is InChI=1S/C20H22N2O5/c1-21(19(23)8-6-16-4-3-11-27-16)15-5-7-18(17(14-15)20(24)25-2)22-9-12-26-13-10-22/h3-8,11,14H,9-10,12-13H2,1-2H3/b8-6+. The number of esters is 1. The van der Waals surface area contributed by atoms with Crippen molar-refractivity contribution >= 4 is 29.3 Å². The molecule has 1 aliphatic rings. The lowest BCUT2D eigenvalue weighted by molar-refractivity contribution is -0.113. The van der Waals surface area contributed by atoms with Gasteiger partial charge in [0, 0.05) is 31.9 Å². The van der Waals surface area contributed by atoms with Crippen molar-refractivity contribution in [1.29, 1.82) is 0 Å². The van der Waals surface area contributed by atoms with Crippen molar-refractivity contribution in [2.24, 2.45) is 0 Å². The van der Waals surface area contributed by atoms with E-state index >= 15 is 0 Å². The molecule has 0 N–H and O–H groups in total. The fourth-order valence-corrected chi connectivity index (χ4v) is 2.86. The summed E-state index contributed by atoms with van der Waals surface area (Å²) >= 11 is 0. The fourth-order valence-electron chi connectivity index (χ4n) is 2.86. The van der Waals surface area contributed by atoms with E-state index < -0.39 is 5.97 Å². The number of rotatable bonds is 5. The minimum atomic E-state index is -0.440. The van der Waals surface area contributed by atoms with Gasteiger partial charge in [-0.05, 0) is 36.4 Å². The number of methoxy groups -OCH3 is 1. The minimum Gasteiger partial charge on any atom is -0.465 e. The molecular weight excluding hydrogens is 348 g/mol. The largest absolute Gasteiger partial charge is 0.465 e. The molecule has 0 unspecified atom stereocenters. The molecular formula is C20H22N2O5. The predicted octanol–water partition coefficient (Wildman–Crippen LogP) is 2.58. The Morgan fingerprint density at radius 3 is 2.67 bits per heavy atom. The molecule has 1 fully saturated rings. The highest BCUT2D eigenvalue weighted by molar-refractivity contribution is 6.05. The zero-order valence-corrected chi connectivity index (χ0v) is 15.4. The number of furan rings is 1. The number of amides is 1. The second kappa shape index (κ2) is 8.55. The number of nitrogens with zero attached hydrogens (tertiary/aromatic N) is 2. The van der Waals surface area contributed by atoms with E-state index in [1.54, 1.807) is 37.6 Å². The Morgan fingerprint density at radius 2 is 2.00 bits per heavy atom. The summed E-state index contributed by atoms with van der Waals surface area (Å²) in [4.78, 5) is 28.3. The van der Waals surface area contributed by atoms with Crippen molar-refractivity contribution in [2.45, 2.75) is 0 Å². The zero-order valence-electron chi connectivity index (χ0n) is 15.4. The van der Waals surface area contributed by atoms with E-state index in [4.69, 9.17) is 13.9 Å². The molecule has 1 aromatic heterocycles. The second-order valence-electron chi connectivity index (χ2n) is 6.04. The van der Waals surface area contributed by atoms with E-state index in [1.807, 2.05) is 12.1 Å². The predicted molar refractivity (Wildman–Crippen MR) is 102 cm³/mol. The lowest BCUT2D eigenvalue weighted by Gasteiger charge is -2.30. The maximum Gasteiger partial charge on any atom is 0.340 e. The molecule has 0 aliphatic carbocycles. The number of ether oxygens (including phenoxy) is 2. The molecule has 0 spiro atoms. The first kappa shape index (κ1) is 18.7. The van der Waals surface area contributed by atoms with Gasteiger partial charge in [-0.3, -0.25) is 4.79 Å². The fraction of sp³-hybridized carbons (Fsp3) is 0.300. The Bertz CT molecular complexity index is 823. The first-order chi connectivity index (χ1) is 13.1. The lowest BCUT2D eigenvalue weighted by Crippen LogP contribution is -2.37. The molecule has 7 nitrogen and oxygen atoms in total. The summed E-state index contributed by atoms with van der Waals surface area (Å²) in [6, 6.07) is 8.84. The topological polar surface area (TPSA) is 72.2 Å². The highest BCUT2D eigenvalue weighted by Gasteiger charge is 2.21. The number of hydrogen-bond acceptors (Lipinski definition) is 6. The zero-order chi connectivity index (χ0) is 19.2. The molecule has 2 aromatic rings. The van der Waals surface area contributed by atoms with Gasteiger partial charge < -0.3 is 23.7 Å². The number of morpholine rings is 1. The van der Waals surface area contributed by atoms with Gasteiger partial charge >= 0.3 is 5.97 Å². The van der Waals surface area contributed by atoms with Gasteiger partial charge in [0.15, 0.2) is 0 Å². The first-order valence-electron chi connectivity index (χ1n) is 8.64. The molecule has 3 rings (SSSR count). The third-order valence-corrected chi connectivity index (χ3v) is 4.39. The number of carbonyl (C=O) groups is 2. The van der Waals surface area contributed by atoms with Crippen LogP contribution in [0.1, 0.15) is 16.1 Å². The molecule has 1 amide bonds. The van der Waals surface area contributed by atoms with Crippen LogP contribution in [0.2, 0.25) is 0 Å². The Kier molecular flexibility index (Phi) is 5.93. The van der Waals surface area contributed by atoms with Gasteiger partial charge in [-0.2, -0.15) is 0 Å². The first-order valence-corrected chi connectivity index (χ1v) is 8.64. The summed E-state index contributed by atoms with van der Waals surface area (Å²) < 4.78 is 15.5. The van der Waals surface area contributed by atoms with Crippen molar-refractivity contribution in [1.82, 2.24) is 0 Å². The molecule has 0 bridgehead atoms. The smallest absolute Gasteiger partial charge is 0.340 e. The van der Waals surface area contributed by atoms with Gasteiger partial charge in [0.1, 0.15) is 5.76 Å². The Hall–Kier alpha value is -3.06. The molecule has 27 heavy (non-hydrogen) atoms. The molecule has 0 saturated carbocycles. The number of hydrogen-bond donors (Lipinski definition) is 0. The number of benzene rings is 1. The normalized spacial score (nSPS) is 14.4. The molecule has 0 atom stereocenters. The van der Waals surface area contributed by atoms with Gasteiger partial charge in [-0.1, -0.05) is 0 Å². The SMILES string of the molecule is COC(=O)c1cc(N(C)C(=O)/C=C/c2ccco2)ccc1N1CCOCC1. The van der Waals surface area contributed by atoms with Crippen molar-refractivity contribution < 1.29 is 23.5 Å². The van der Waals surface area contributed by atoms with Crippen molar-refractivity contribution in [2.75, 3.05) is 50.3 Å².